The predicted molar refractivity (Wildman–Crippen MR) is 72.6 cm³/mol. The standard InChI is InChI=1S/C14H9N5O/c15-12(20)14-17-8-9-7-11(18-13(9)19-14)5-4-10-3-1-2-6-16-10/h1-3,6-8H,(H2,15,20)(H,17,18,19). The lowest BCUT2D eigenvalue weighted by atomic mass is 10.3. The van der Waals surface area contributed by atoms with Gasteiger partial charge in [-0.1, -0.05) is 6.07 Å². The molecule has 0 saturated carbocycles. The Balaban J connectivity index is 1.98. The minimum Gasteiger partial charge on any atom is -0.363 e. The van der Waals surface area contributed by atoms with Crippen LogP contribution in [0, 0.1) is 11.8 Å². The number of amides is 1. The maximum Gasteiger partial charge on any atom is 0.286 e. The molecule has 0 aliphatic heterocycles. The molecule has 3 aromatic heterocycles. The van der Waals surface area contributed by atoms with Crippen LogP contribution in [0.3, 0.4) is 0 Å². The maximum absolute atomic E-state index is 11.0. The topological polar surface area (TPSA) is 97.5 Å². The Morgan fingerprint density at radius 2 is 2.15 bits per heavy atom. The van der Waals surface area contributed by atoms with Crippen molar-refractivity contribution in [2.45, 2.75) is 0 Å². The van der Waals surface area contributed by atoms with Gasteiger partial charge >= 0.3 is 0 Å². The first kappa shape index (κ1) is 11.9. The molecule has 6 heteroatoms. The van der Waals surface area contributed by atoms with E-state index in [0.29, 0.717) is 17.0 Å². The quantitative estimate of drug-likeness (QED) is 0.636. The molecule has 0 saturated heterocycles. The summed E-state index contributed by atoms with van der Waals surface area (Å²) >= 11 is 0. The van der Waals surface area contributed by atoms with Gasteiger partial charge in [-0.15, -0.1) is 0 Å². The monoisotopic (exact) mass is 263 g/mol. The normalized spacial score (nSPS) is 10.0. The van der Waals surface area contributed by atoms with E-state index < -0.39 is 5.91 Å². The van der Waals surface area contributed by atoms with Crippen molar-refractivity contribution < 1.29 is 4.79 Å². The van der Waals surface area contributed by atoms with Crippen LogP contribution in [0.15, 0.2) is 36.7 Å². The van der Waals surface area contributed by atoms with Crippen molar-refractivity contribution in [1.82, 2.24) is 19.9 Å². The number of H-pyrrole nitrogens is 1. The van der Waals surface area contributed by atoms with Crippen molar-refractivity contribution in [1.29, 1.82) is 0 Å². The van der Waals surface area contributed by atoms with Gasteiger partial charge in [-0.25, -0.2) is 15.0 Å². The van der Waals surface area contributed by atoms with E-state index in [1.807, 2.05) is 18.2 Å². The second kappa shape index (κ2) is 4.82. The Morgan fingerprint density at radius 3 is 2.90 bits per heavy atom. The summed E-state index contributed by atoms with van der Waals surface area (Å²) in [6.07, 6.45) is 3.21. The van der Waals surface area contributed by atoms with Crippen molar-refractivity contribution in [2.24, 2.45) is 5.73 Å². The van der Waals surface area contributed by atoms with Crippen molar-refractivity contribution in [2.75, 3.05) is 0 Å². The summed E-state index contributed by atoms with van der Waals surface area (Å²) in [5.41, 5.74) is 7.00. The summed E-state index contributed by atoms with van der Waals surface area (Å²) in [6.45, 7) is 0. The first-order chi connectivity index (χ1) is 9.72. The first-order valence-corrected chi connectivity index (χ1v) is 5.81. The number of aromatic nitrogens is 4. The number of rotatable bonds is 1. The molecule has 0 spiro atoms. The molecule has 0 fully saturated rings. The van der Waals surface area contributed by atoms with Crippen LogP contribution in [-0.4, -0.2) is 25.8 Å². The van der Waals surface area contributed by atoms with E-state index in [1.165, 1.54) is 6.20 Å². The third-order valence-corrected chi connectivity index (χ3v) is 2.58. The molecule has 20 heavy (non-hydrogen) atoms. The van der Waals surface area contributed by atoms with Crippen LogP contribution < -0.4 is 5.73 Å². The Bertz CT molecular complexity index is 842. The zero-order valence-corrected chi connectivity index (χ0v) is 10.3. The minimum atomic E-state index is -0.664. The molecule has 6 nitrogen and oxygen atoms in total. The minimum absolute atomic E-state index is 0.0245. The van der Waals surface area contributed by atoms with Crippen LogP contribution in [0.5, 0.6) is 0 Å². The Labute approximate surface area is 114 Å². The summed E-state index contributed by atoms with van der Waals surface area (Å²) in [5, 5.41) is 0.764. The first-order valence-electron chi connectivity index (χ1n) is 5.81. The van der Waals surface area contributed by atoms with E-state index in [9.17, 15) is 4.79 Å². The molecule has 0 atom stereocenters. The van der Waals surface area contributed by atoms with Crippen molar-refractivity contribution in [3.63, 3.8) is 0 Å². The number of carbonyl (C=O) groups excluding carboxylic acids is 1. The fourth-order valence-electron chi connectivity index (χ4n) is 1.67. The predicted octanol–water partition coefficient (Wildman–Crippen LogP) is 0.852. The molecule has 0 unspecified atom stereocenters. The molecule has 3 heterocycles. The van der Waals surface area contributed by atoms with E-state index in [1.54, 1.807) is 12.3 Å². The average Bonchev–Trinajstić information content (AvgIpc) is 2.88. The van der Waals surface area contributed by atoms with Gasteiger partial charge in [0.25, 0.3) is 5.91 Å². The lowest BCUT2D eigenvalue weighted by Crippen LogP contribution is -2.14. The SMILES string of the molecule is NC(=O)c1ncc2cc(C#Cc3ccccn3)[nH]c2n1. The van der Waals surface area contributed by atoms with Crippen LogP contribution in [0.25, 0.3) is 11.0 Å². The fraction of sp³-hybridized carbons (Fsp3) is 0. The summed E-state index contributed by atoms with van der Waals surface area (Å²) in [7, 11) is 0. The van der Waals surface area contributed by atoms with E-state index in [0.717, 1.165) is 5.39 Å². The van der Waals surface area contributed by atoms with Crippen LogP contribution in [-0.2, 0) is 0 Å². The fourth-order valence-corrected chi connectivity index (χ4v) is 1.67. The largest absolute Gasteiger partial charge is 0.363 e. The summed E-state index contributed by atoms with van der Waals surface area (Å²) < 4.78 is 0. The number of nitrogens with one attached hydrogen (secondary N) is 1. The van der Waals surface area contributed by atoms with E-state index >= 15 is 0 Å². The van der Waals surface area contributed by atoms with Gasteiger partial charge in [0.2, 0.25) is 5.82 Å². The highest BCUT2D eigenvalue weighted by molar-refractivity contribution is 5.91. The van der Waals surface area contributed by atoms with Crippen LogP contribution >= 0.6 is 0 Å². The lowest BCUT2D eigenvalue weighted by molar-refractivity contribution is 0.0991. The number of hydrogen-bond donors (Lipinski definition) is 2. The number of primary amides is 1. The Morgan fingerprint density at radius 1 is 1.25 bits per heavy atom. The molecule has 3 N–H and O–H groups in total. The number of nitrogens with zero attached hydrogens (tertiary/aromatic N) is 3. The average molecular weight is 263 g/mol. The van der Waals surface area contributed by atoms with Crippen LogP contribution in [0.2, 0.25) is 0 Å². The highest BCUT2D eigenvalue weighted by Crippen LogP contribution is 2.11. The smallest absolute Gasteiger partial charge is 0.286 e. The van der Waals surface area contributed by atoms with Gasteiger partial charge in [-0.05, 0) is 30.0 Å². The Kier molecular flexibility index (Phi) is 2.86. The third-order valence-electron chi connectivity index (χ3n) is 2.58. The molecule has 1 amide bonds. The molecule has 0 aliphatic rings. The van der Waals surface area contributed by atoms with E-state index in [4.69, 9.17) is 5.73 Å². The van der Waals surface area contributed by atoms with Crippen molar-refractivity contribution in [3.05, 3.63) is 53.9 Å². The number of pyridine rings is 1. The zero-order valence-electron chi connectivity index (χ0n) is 10.3. The van der Waals surface area contributed by atoms with Crippen molar-refractivity contribution in [3.8, 4) is 11.8 Å². The summed E-state index contributed by atoms with van der Waals surface area (Å²) in [4.78, 5) is 26.0. The molecule has 0 bridgehead atoms. The molecule has 3 aromatic rings. The molecule has 96 valence electrons. The number of hydrogen-bond acceptors (Lipinski definition) is 4. The molecule has 0 radical (unpaired) electrons. The zero-order chi connectivity index (χ0) is 13.9. The molecular formula is C14H9N5O. The Hall–Kier alpha value is -3.20. The maximum atomic E-state index is 11.0. The van der Waals surface area contributed by atoms with Gasteiger partial charge in [-0.3, -0.25) is 4.79 Å². The number of nitrogens with two attached hydrogens (primary N) is 1. The number of carbonyl (C=O) groups is 1. The van der Waals surface area contributed by atoms with Gasteiger partial charge in [0.15, 0.2) is 0 Å². The van der Waals surface area contributed by atoms with E-state index in [2.05, 4.69) is 31.8 Å². The third kappa shape index (κ3) is 2.33. The van der Waals surface area contributed by atoms with Crippen LogP contribution in [0.4, 0.5) is 0 Å². The summed E-state index contributed by atoms with van der Waals surface area (Å²) in [5.74, 6) is 5.19. The molecule has 0 aliphatic carbocycles. The second-order valence-electron chi connectivity index (χ2n) is 4.01. The molecule has 0 aromatic carbocycles. The molecular weight excluding hydrogens is 254 g/mol. The van der Waals surface area contributed by atoms with Gasteiger partial charge < -0.3 is 10.7 Å². The van der Waals surface area contributed by atoms with Crippen molar-refractivity contribution >= 4 is 16.9 Å². The lowest BCUT2D eigenvalue weighted by Gasteiger charge is -1.92. The van der Waals surface area contributed by atoms with Gasteiger partial charge in [0.05, 0.1) is 5.69 Å². The van der Waals surface area contributed by atoms with Gasteiger partial charge in [-0.2, -0.15) is 0 Å². The highest BCUT2D eigenvalue weighted by Gasteiger charge is 2.07. The van der Waals surface area contributed by atoms with E-state index in [-0.39, 0.29) is 5.82 Å². The second-order valence-corrected chi connectivity index (χ2v) is 4.01. The van der Waals surface area contributed by atoms with Crippen LogP contribution in [0.1, 0.15) is 22.0 Å². The van der Waals surface area contributed by atoms with Gasteiger partial charge in [0.1, 0.15) is 11.3 Å². The number of fused-ring (bicyclic) bond motifs is 1. The number of aromatic amines is 1. The highest BCUT2D eigenvalue weighted by atomic mass is 16.1. The molecule has 3 rings (SSSR count). The van der Waals surface area contributed by atoms with Gasteiger partial charge in [0, 0.05) is 17.8 Å². The summed E-state index contributed by atoms with van der Waals surface area (Å²) in [6, 6.07) is 7.32.